The smallest absolute Gasteiger partial charge is 0.235 e. The molecule has 0 spiro atoms. The third kappa shape index (κ3) is 2.13. The fourth-order valence-corrected chi connectivity index (χ4v) is 2.56. The van der Waals surface area contributed by atoms with Gasteiger partial charge in [0, 0.05) is 5.02 Å². The van der Waals surface area contributed by atoms with Crippen LogP contribution in [0, 0.1) is 0 Å². The van der Waals surface area contributed by atoms with E-state index in [1.807, 2.05) is 0 Å². The Hall–Kier alpha value is -1.18. The van der Waals surface area contributed by atoms with Crippen LogP contribution in [0.1, 0.15) is 43.5 Å². The van der Waals surface area contributed by atoms with Crippen LogP contribution in [-0.2, 0) is 10.3 Å². The third-order valence-electron chi connectivity index (χ3n) is 3.39. The number of rotatable bonds is 3. The minimum absolute atomic E-state index is 0.478. The lowest BCUT2D eigenvalue weighted by atomic mass is 9.72. The van der Waals surface area contributed by atoms with Crippen LogP contribution >= 0.6 is 11.6 Å². The Labute approximate surface area is 105 Å². The monoisotopic (exact) mass is 253 g/mol. The van der Waals surface area contributed by atoms with E-state index in [4.69, 9.17) is 11.6 Å². The van der Waals surface area contributed by atoms with Gasteiger partial charge < -0.3 is 0 Å². The molecule has 2 rings (SSSR count). The Morgan fingerprint density at radius 3 is 2.65 bits per heavy atom. The summed E-state index contributed by atoms with van der Waals surface area (Å²) in [7, 11) is 0. The van der Waals surface area contributed by atoms with Crippen LogP contribution in [0.4, 0.5) is 4.39 Å². The van der Waals surface area contributed by atoms with Crippen LogP contribution in [0.25, 0.3) is 0 Å². The lowest BCUT2D eigenvalue weighted by molar-refractivity contribution is 0.256. The third-order valence-corrected chi connectivity index (χ3v) is 3.71. The van der Waals surface area contributed by atoms with Gasteiger partial charge in [-0.3, -0.25) is 0 Å². The molecule has 90 valence electrons. The summed E-state index contributed by atoms with van der Waals surface area (Å²) in [4.78, 5) is 14.4. The van der Waals surface area contributed by atoms with Gasteiger partial charge in [0.15, 0.2) is 0 Å². The van der Waals surface area contributed by atoms with Crippen LogP contribution < -0.4 is 0 Å². The summed E-state index contributed by atoms with van der Waals surface area (Å²) >= 11 is 6.15. The molecule has 0 radical (unpaired) electrons. The van der Waals surface area contributed by atoms with Crippen molar-refractivity contribution in [1.82, 2.24) is 0 Å². The Bertz CT molecular complexity index is 476. The number of halogens is 2. The largest absolute Gasteiger partial charge is 0.243 e. The van der Waals surface area contributed by atoms with E-state index in [0.717, 1.165) is 24.8 Å². The van der Waals surface area contributed by atoms with Gasteiger partial charge in [0.1, 0.15) is 6.17 Å². The number of alkyl halides is 1. The molecule has 1 aromatic rings. The van der Waals surface area contributed by atoms with Gasteiger partial charge in [-0.25, -0.2) is 9.18 Å². The highest BCUT2D eigenvalue weighted by molar-refractivity contribution is 6.31. The van der Waals surface area contributed by atoms with Gasteiger partial charge in [-0.2, -0.15) is 4.99 Å². The standard InChI is InChI=1S/C13H13ClFNO/c1-9(15)10-3-4-11(12(14)7-10)13(16-8-17)5-2-6-13/h3-4,7,9H,2,5-6H2,1H3. The van der Waals surface area contributed by atoms with Crippen LogP contribution in [0.2, 0.25) is 5.02 Å². The topological polar surface area (TPSA) is 29.4 Å². The predicted molar refractivity (Wildman–Crippen MR) is 64.6 cm³/mol. The Morgan fingerprint density at radius 1 is 1.53 bits per heavy atom. The molecule has 1 unspecified atom stereocenters. The molecule has 0 bridgehead atoms. The molecule has 4 heteroatoms. The first-order valence-corrected chi connectivity index (χ1v) is 6.00. The van der Waals surface area contributed by atoms with Crippen LogP contribution in [0.5, 0.6) is 0 Å². The highest BCUT2D eigenvalue weighted by Crippen LogP contribution is 2.47. The Balaban J connectivity index is 2.42. The molecule has 1 aliphatic rings. The first-order valence-electron chi connectivity index (χ1n) is 5.62. The molecular weight excluding hydrogens is 241 g/mol. The lowest BCUT2D eigenvalue weighted by Crippen LogP contribution is -2.32. The van der Waals surface area contributed by atoms with Crippen molar-refractivity contribution < 1.29 is 9.18 Å². The van der Waals surface area contributed by atoms with Crippen molar-refractivity contribution in [2.45, 2.75) is 37.9 Å². The number of isocyanates is 1. The van der Waals surface area contributed by atoms with Gasteiger partial charge >= 0.3 is 0 Å². The molecule has 0 aliphatic heterocycles. The molecule has 0 heterocycles. The molecule has 1 fully saturated rings. The zero-order valence-electron chi connectivity index (χ0n) is 9.54. The van der Waals surface area contributed by atoms with E-state index < -0.39 is 11.7 Å². The minimum atomic E-state index is -1.05. The Morgan fingerprint density at radius 2 is 2.24 bits per heavy atom. The summed E-state index contributed by atoms with van der Waals surface area (Å²) < 4.78 is 13.1. The molecule has 0 aromatic heterocycles. The van der Waals surface area contributed by atoms with E-state index in [-0.39, 0.29) is 0 Å². The Kier molecular flexibility index (Phi) is 3.32. The number of nitrogens with zero attached hydrogens (tertiary/aromatic N) is 1. The highest BCUT2D eigenvalue weighted by Gasteiger charge is 2.40. The van der Waals surface area contributed by atoms with Gasteiger partial charge in [-0.1, -0.05) is 23.7 Å². The maximum atomic E-state index is 13.1. The molecule has 1 atom stereocenters. The number of aliphatic imine (C=N–C) groups is 1. The van der Waals surface area contributed by atoms with Crippen molar-refractivity contribution in [3.05, 3.63) is 34.3 Å². The van der Waals surface area contributed by atoms with Crippen molar-refractivity contribution in [3.63, 3.8) is 0 Å². The van der Waals surface area contributed by atoms with E-state index in [9.17, 15) is 9.18 Å². The summed E-state index contributed by atoms with van der Waals surface area (Å²) in [6, 6.07) is 5.09. The molecular formula is C13H13ClFNO. The molecule has 1 saturated carbocycles. The van der Waals surface area contributed by atoms with E-state index in [1.165, 1.54) is 6.92 Å². The summed E-state index contributed by atoms with van der Waals surface area (Å²) in [5, 5.41) is 0.478. The number of hydrogen-bond donors (Lipinski definition) is 0. The van der Waals surface area contributed by atoms with Gasteiger partial charge in [0.05, 0.1) is 5.54 Å². The molecule has 17 heavy (non-hydrogen) atoms. The summed E-state index contributed by atoms with van der Waals surface area (Å²) in [6.07, 6.45) is 3.18. The first-order chi connectivity index (χ1) is 8.09. The second-order valence-electron chi connectivity index (χ2n) is 4.44. The summed E-state index contributed by atoms with van der Waals surface area (Å²) in [6.45, 7) is 1.47. The molecule has 2 nitrogen and oxygen atoms in total. The number of benzene rings is 1. The van der Waals surface area contributed by atoms with Crippen LogP contribution in [0.15, 0.2) is 23.2 Å². The zero-order chi connectivity index (χ0) is 12.5. The van der Waals surface area contributed by atoms with Gasteiger partial charge in [0.25, 0.3) is 0 Å². The fourth-order valence-electron chi connectivity index (χ4n) is 2.20. The minimum Gasteiger partial charge on any atom is -0.243 e. The average molecular weight is 254 g/mol. The molecule has 1 aromatic carbocycles. The maximum absolute atomic E-state index is 13.1. The number of hydrogen-bond acceptors (Lipinski definition) is 2. The van der Waals surface area contributed by atoms with Gasteiger partial charge in [0.2, 0.25) is 6.08 Å². The maximum Gasteiger partial charge on any atom is 0.235 e. The van der Waals surface area contributed by atoms with Crippen LogP contribution in [0.3, 0.4) is 0 Å². The van der Waals surface area contributed by atoms with Gasteiger partial charge in [-0.15, -0.1) is 0 Å². The predicted octanol–water partition coefficient (Wildman–Crippen LogP) is 4.09. The van der Waals surface area contributed by atoms with E-state index in [1.54, 1.807) is 24.3 Å². The zero-order valence-corrected chi connectivity index (χ0v) is 10.3. The SMILES string of the molecule is CC(F)c1ccc(C2(N=C=O)CCC2)c(Cl)c1. The van der Waals surface area contributed by atoms with Crippen molar-refractivity contribution in [2.75, 3.05) is 0 Å². The van der Waals surface area contributed by atoms with E-state index in [0.29, 0.717) is 10.6 Å². The second-order valence-corrected chi connectivity index (χ2v) is 4.85. The van der Waals surface area contributed by atoms with Crippen LogP contribution in [-0.4, -0.2) is 6.08 Å². The van der Waals surface area contributed by atoms with Crippen molar-refractivity contribution >= 4 is 17.7 Å². The summed E-state index contributed by atoms with van der Waals surface area (Å²) in [5.74, 6) is 0. The fraction of sp³-hybridized carbons (Fsp3) is 0.462. The lowest BCUT2D eigenvalue weighted by Gasteiger charge is -2.37. The highest BCUT2D eigenvalue weighted by atomic mass is 35.5. The van der Waals surface area contributed by atoms with E-state index >= 15 is 0 Å². The normalized spacial score (nSPS) is 19.0. The number of carbonyl (C=O) groups excluding carboxylic acids is 1. The first kappa shape index (κ1) is 12.3. The second kappa shape index (κ2) is 4.59. The van der Waals surface area contributed by atoms with Crippen molar-refractivity contribution in [1.29, 1.82) is 0 Å². The molecule has 1 aliphatic carbocycles. The van der Waals surface area contributed by atoms with E-state index in [2.05, 4.69) is 4.99 Å². The van der Waals surface area contributed by atoms with Gasteiger partial charge in [-0.05, 0) is 43.4 Å². The molecule has 0 saturated heterocycles. The summed E-state index contributed by atoms with van der Waals surface area (Å²) in [5.41, 5.74) is 0.832. The molecule has 0 N–H and O–H groups in total. The van der Waals surface area contributed by atoms with Crippen molar-refractivity contribution in [3.8, 4) is 0 Å². The molecule has 0 amide bonds. The quantitative estimate of drug-likeness (QED) is 0.589. The average Bonchev–Trinajstić information content (AvgIpc) is 2.24. The van der Waals surface area contributed by atoms with Crippen molar-refractivity contribution in [2.24, 2.45) is 4.99 Å².